The highest BCUT2D eigenvalue weighted by atomic mass is 32.2. The number of amides is 1. The van der Waals surface area contributed by atoms with Crippen LogP contribution in [0.4, 0.5) is 5.82 Å². The lowest BCUT2D eigenvalue weighted by Gasteiger charge is -2.18. The zero-order valence-electron chi connectivity index (χ0n) is 17.1. The SMILES string of the molecule is CCN(CC)S(=O)(=O)c1cccc(C(=O)Nc2cc(C3CCCCCC3)[nH]n2)c1. The molecule has 3 rings (SSSR count). The Hall–Kier alpha value is -2.19. The highest BCUT2D eigenvalue weighted by Gasteiger charge is 2.23. The minimum atomic E-state index is -3.61. The van der Waals surface area contributed by atoms with Crippen molar-refractivity contribution in [3.05, 3.63) is 41.6 Å². The number of nitrogens with one attached hydrogen (secondary N) is 2. The maximum absolute atomic E-state index is 12.7. The lowest BCUT2D eigenvalue weighted by molar-refractivity contribution is 0.102. The van der Waals surface area contributed by atoms with E-state index < -0.39 is 10.0 Å². The van der Waals surface area contributed by atoms with Gasteiger partial charge in [-0.2, -0.15) is 9.40 Å². The van der Waals surface area contributed by atoms with Crippen molar-refractivity contribution >= 4 is 21.7 Å². The number of hydrogen-bond donors (Lipinski definition) is 2. The molecule has 158 valence electrons. The molecule has 0 spiro atoms. The van der Waals surface area contributed by atoms with Gasteiger partial charge in [0.1, 0.15) is 0 Å². The fourth-order valence-electron chi connectivity index (χ4n) is 3.90. The van der Waals surface area contributed by atoms with Crippen molar-refractivity contribution in [1.29, 1.82) is 0 Å². The highest BCUT2D eigenvalue weighted by molar-refractivity contribution is 7.89. The third kappa shape index (κ3) is 5.05. The van der Waals surface area contributed by atoms with Crippen molar-refractivity contribution in [1.82, 2.24) is 14.5 Å². The van der Waals surface area contributed by atoms with Crippen molar-refractivity contribution in [2.24, 2.45) is 0 Å². The van der Waals surface area contributed by atoms with Gasteiger partial charge in [0.25, 0.3) is 5.91 Å². The van der Waals surface area contributed by atoms with E-state index in [4.69, 9.17) is 0 Å². The van der Waals surface area contributed by atoms with Crippen molar-refractivity contribution < 1.29 is 13.2 Å². The minimum Gasteiger partial charge on any atom is -0.305 e. The van der Waals surface area contributed by atoms with Gasteiger partial charge in [-0.15, -0.1) is 0 Å². The maximum Gasteiger partial charge on any atom is 0.256 e. The van der Waals surface area contributed by atoms with Crippen LogP contribution in [-0.2, 0) is 10.0 Å². The molecule has 0 radical (unpaired) electrons. The van der Waals surface area contributed by atoms with E-state index >= 15 is 0 Å². The normalized spacial score (nSPS) is 16.0. The van der Waals surface area contributed by atoms with Gasteiger partial charge >= 0.3 is 0 Å². The molecule has 1 saturated carbocycles. The van der Waals surface area contributed by atoms with E-state index in [1.807, 2.05) is 6.07 Å². The fourth-order valence-corrected chi connectivity index (χ4v) is 5.40. The summed E-state index contributed by atoms with van der Waals surface area (Å²) in [5.41, 5.74) is 1.34. The van der Waals surface area contributed by atoms with Crippen molar-refractivity contribution in [3.8, 4) is 0 Å². The van der Waals surface area contributed by atoms with Crippen LogP contribution >= 0.6 is 0 Å². The quantitative estimate of drug-likeness (QED) is 0.661. The summed E-state index contributed by atoms with van der Waals surface area (Å²) in [6.07, 6.45) is 7.28. The number of sulfonamides is 1. The first-order chi connectivity index (χ1) is 14.0. The number of H-pyrrole nitrogens is 1. The number of nitrogens with zero attached hydrogens (tertiary/aromatic N) is 2. The lowest BCUT2D eigenvalue weighted by atomic mass is 9.97. The number of benzene rings is 1. The molecule has 1 aliphatic rings. The van der Waals surface area contributed by atoms with Crippen molar-refractivity contribution in [3.63, 3.8) is 0 Å². The summed E-state index contributed by atoms with van der Waals surface area (Å²) in [4.78, 5) is 12.8. The van der Waals surface area contributed by atoms with E-state index in [0.717, 1.165) is 18.5 Å². The number of hydrogen-bond acceptors (Lipinski definition) is 4. The Kier molecular flexibility index (Phi) is 7.08. The van der Waals surface area contributed by atoms with Gasteiger partial charge in [0.15, 0.2) is 5.82 Å². The summed E-state index contributed by atoms with van der Waals surface area (Å²) >= 11 is 0. The molecule has 1 aromatic heterocycles. The Morgan fingerprint density at radius 2 is 1.83 bits per heavy atom. The molecule has 0 bridgehead atoms. The number of aromatic nitrogens is 2. The molecule has 0 saturated heterocycles. The van der Waals surface area contributed by atoms with Crippen LogP contribution in [0.2, 0.25) is 0 Å². The number of carbonyl (C=O) groups excluding carboxylic acids is 1. The van der Waals surface area contributed by atoms with Crippen LogP contribution in [-0.4, -0.2) is 41.9 Å². The summed E-state index contributed by atoms with van der Waals surface area (Å²) in [6, 6.07) is 8.03. The fraction of sp³-hybridized carbons (Fsp3) is 0.524. The molecular weight excluding hydrogens is 388 g/mol. The summed E-state index contributed by atoms with van der Waals surface area (Å²) in [7, 11) is -3.61. The summed E-state index contributed by atoms with van der Waals surface area (Å²) in [6.45, 7) is 4.35. The maximum atomic E-state index is 12.7. The second kappa shape index (κ2) is 9.54. The van der Waals surface area contributed by atoms with E-state index in [-0.39, 0.29) is 16.4 Å². The standard InChI is InChI=1S/C21H30N4O3S/c1-3-25(4-2)29(27,28)18-13-9-12-17(14-18)21(26)22-20-15-19(23-24-20)16-10-7-5-6-8-11-16/h9,12-16H,3-8,10-11H2,1-2H3,(H2,22,23,24,26). The minimum absolute atomic E-state index is 0.120. The molecule has 2 N–H and O–H groups in total. The van der Waals surface area contributed by atoms with E-state index in [1.165, 1.54) is 42.1 Å². The van der Waals surface area contributed by atoms with Crippen LogP contribution in [0.3, 0.4) is 0 Å². The van der Waals surface area contributed by atoms with Gasteiger partial charge in [0.05, 0.1) is 4.90 Å². The number of anilines is 1. The van der Waals surface area contributed by atoms with E-state index in [9.17, 15) is 13.2 Å². The lowest BCUT2D eigenvalue weighted by Crippen LogP contribution is -2.30. The van der Waals surface area contributed by atoms with Gasteiger partial charge in [0.2, 0.25) is 10.0 Å². The average Bonchev–Trinajstić information content (AvgIpc) is 3.01. The molecule has 1 amide bonds. The average molecular weight is 419 g/mol. The summed E-state index contributed by atoms with van der Waals surface area (Å²) < 4.78 is 26.8. The van der Waals surface area contributed by atoms with Crippen LogP contribution in [0.15, 0.2) is 35.2 Å². The molecule has 0 atom stereocenters. The molecule has 7 nitrogen and oxygen atoms in total. The van der Waals surface area contributed by atoms with Crippen molar-refractivity contribution in [2.45, 2.75) is 63.2 Å². The molecule has 29 heavy (non-hydrogen) atoms. The summed E-state index contributed by atoms with van der Waals surface area (Å²) in [5, 5.41) is 10.1. The summed E-state index contributed by atoms with van der Waals surface area (Å²) in [5.74, 6) is 0.546. The highest BCUT2D eigenvalue weighted by Crippen LogP contribution is 2.31. The molecule has 8 heteroatoms. The molecule has 1 aromatic carbocycles. The first-order valence-electron chi connectivity index (χ1n) is 10.4. The molecular formula is C21H30N4O3S. The Labute approximate surface area is 172 Å². The van der Waals surface area contributed by atoms with Crippen LogP contribution < -0.4 is 5.32 Å². The Morgan fingerprint density at radius 3 is 2.48 bits per heavy atom. The van der Waals surface area contributed by atoms with Crippen LogP contribution in [0.1, 0.15) is 74.3 Å². The second-order valence-corrected chi connectivity index (χ2v) is 9.41. The molecule has 0 unspecified atom stereocenters. The largest absolute Gasteiger partial charge is 0.305 e. The Balaban J connectivity index is 1.73. The predicted octanol–water partition coefficient (Wildman–Crippen LogP) is 4.13. The van der Waals surface area contributed by atoms with E-state index in [1.54, 1.807) is 26.0 Å². The second-order valence-electron chi connectivity index (χ2n) is 7.47. The van der Waals surface area contributed by atoms with Crippen LogP contribution in [0.25, 0.3) is 0 Å². The zero-order chi connectivity index (χ0) is 20.9. The van der Waals surface area contributed by atoms with Gasteiger partial charge < -0.3 is 5.32 Å². The van der Waals surface area contributed by atoms with E-state index in [2.05, 4.69) is 15.5 Å². The zero-order valence-corrected chi connectivity index (χ0v) is 18.0. The van der Waals surface area contributed by atoms with Gasteiger partial charge in [-0.25, -0.2) is 8.42 Å². The van der Waals surface area contributed by atoms with Gasteiger partial charge in [-0.3, -0.25) is 9.89 Å². The monoisotopic (exact) mass is 418 g/mol. The number of rotatable bonds is 7. The number of carbonyl (C=O) groups is 1. The van der Waals surface area contributed by atoms with Gasteiger partial charge in [-0.05, 0) is 31.0 Å². The molecule has 0 aliphatic heterocycles. The van der Waals surface area contributed by atoms with Crippen LogP contribution in [0.5, 0.6) is 0 Å². The van der Waals surface area contributed by atoms with E-state index in [0.29, 0.717) is 24.8 Å². The predicted molar refractivity (Wildman–Crippen MR) is 114 cm³/mol. The molecule has 1 fully saturated rings. The smallest absolute Gasteiger partial charge is 0.256 e. The first-order valence-corrected chi connectivity index (χ1v) is 11.9. The van der Waals surface area contributed by atoms with Crippen LogP contribution in [0, 0.1) is 0 Å². The molecule has 2 aromatic rings. The third-order valence-corrected chi connectivity index (χ3v) is 7.62. The first kappa shape index (κ1) is 21.5. The third-order valence-electron chi connectivity index (χ3n) is 5.57. The van der Waals surface area contributed by atoms with Gasteiger partial charge in [0, 0.05) is 36.3 Å². The van der Waals surface area contributed by atoms with Gasteiger partial charge in [-0.1, -0.05) is 45.6 Å². The Bertz CT molecular complexity index is 927. The topological polar surface area (TPSA) is 95.2 Å². The molecule has 1 aliphatic carbocycles. The number of aromatic amines is 1. The molecule has 1 heterocycles. The Morgan fingerprint density at radius 1 is 1.14 bits per heavy atom. The van der Waals surface area contributed by atoms with Crippen molar-refractivity contribution in [2.75, 3.05) is 18.4 Å².